The Morgan fingerprint density at radius 1 is 1.15 bits per heavy atom. The maximum Gasteiger partial charge on any atom is 0.343 e. The lowest BCUT2D eigenvalue weighted by Gasteiger charge is -2.75. The van der Waals surface area contributed by atoms with Gasteiger partial charge in [0.2, 0.25) is 0 Å². The Kier molecular flexibility index (Phi) is 1.53. The van der Waals surface area contributed by atoms with E-state index in [0.717, 1.165) is 23.0 Å². The van der Waals surface area contributed by atoms with Crippen LogP contribution < -0.4 is 5.63 Å². The van der Waals surface area contributed by atoms with Gasteiger partial charge in [-0.25, -0.2) is 4.79 Å². The van der Waals surface area contributed by atoms with Crippen LogP contribution in [0.15, 0.2) is 33.5 Å². The van der Waals surface area contributed by atoms with E-state index in [1.165, 1.54) is 12.0 Å². The first-order valence-electron chi connectivity index (χ1n) is 7.49. The molecule has 3 aliphatic rings. The number of benzene rings is 1. The lowest BCUT2D eigenvalue weighted by atomic mass is 9.28. The van der Waals surface area contributed by atoms with Gasteiger partial charge in [0.1, 0.15) is 5.76 Å². The van der Waals surface area contributed by atoms with Crippen LogP contribution in [-0.4, -0.2) is 0 Å². The smallest absolute Gasteiger partial charge is 0.343 e. The van der Waals surface area contributed by atoms with E-state index in [1.54, 1.807) is 0 Å². The molecule has 2 fully saturated rings. The Bertz CT molecular complexity index is 848. The van der Waals surface area contributed by atoms with E-state index < -0.39 is 0 Å². The molecule has 2 saturated carbocycles. The van der Waals surface area contributed by atoms with E-state index in [0.29, 0.717) is 11.3 Å². The Labute approximate surface area is 117 Å². The molecule has 0 amide bonds. The van der Waals surface area contributed by atoms with Gasteiger partial charge < -0.3 is 4.42 Å². The molecule has 0 bridgehead atoms. The molecule has 1 aromatic carbocycles. The van der Waals surface area contributed by atoms with Crippen molar-refractivity contribution >= 4 is 10.8 Å². The van der Waals surface area contributed by atoms with Gasteiger partial charge in [-0.3, -0.25) is 0 Å². The molecule has 3 aliphatic carbocycles. The first kappa shape index (κ1) is 11.1. The van der Waals surface area contributed by atoms with Crippen molar-refractivity contribution in [3.05, 3.63) is 46.0 Å². The Morgan fingerprint density at radius 3 is 2.55 bits per heavy atom. The van der Waals surface area contributed by atoms with Gasteiger partial charge in [0.15, 0.2) is 0 Å². The van der Waals surface area contributed by atoms with Gasteiger partial charge >= 0.3 is 5.63 Å². The molecule has 20 heavy (non-hydrogen) atoms. The molecule has 2 nitrogen and oxygen atoms in total. The summed E-state index contributed by atoms with van der Waals surface area (Å²) in [6.45, 7) is 7.10. The first-order valence-corrected chi connectivity index (χ1v) is 7.49. The molecular weight excluding hydrogens is 248 g/mol. The average molecular weight is 266 g/mol. The Morgan fingerprint density at radius 2 is 1.85 bits per heavy atom. The lowest BCUT2D eigenvalue weighted by Crippen LogP contribution is -2.70. The second kappa shape index (κ2) is 2.74. The molecule has 1 heterocycles. The van der Waals surface area contributed by atoms with Crippen LogP contribution in [0.1, 0.15) is 50.9 Å². The number of fused-ring (bicyclic) bond motifs is 5. The minimum absolute atomic E-state index is 0.0587. The summed E-state index contributed by atoms with van der Waals surface area (Å²) in [4.78, 5) is 12.3. The highest BCUT2D eigenvalue weighted by atomic mass is 16.4. The summed E-state index contributed by atoms with van der Waals surface area (Å²) < 4.78 is 5.82. The number of hydrogen-bond acceptors (Lipinski definition) is 2. The highest BCUT2D eigenvalue weighted by molar-refractivity contribution is 5.87. The molecule has 4 atom stereocenters. The molecular formula is C18H18O2. The van der Waals surface area contributed by atoms with Gasteiger partial charge in [-0.2, -0.15) is 0 Å². The zero-order valence-electron chi connectivity index (χ0n) is 12.1. The summed E-state index contributed by atoms with van der Waals surface area (Å²) in [6.07, 6.45) is 2.39. The highest BCUT2D eigenvalue weighted by Crippen LogP contribution is 2.87. The minimum Gasteiger partial charge on any atom is -0.427 e. The van der Waals surface area contributed by atoms with Crippen molar-refractivity contribution in [3.63, 3.8) is 0 Å². The van der Waals surface area contributed by atoms with Gasteiger partial charge in [0.25, 0.3) is 0 Å². The van der Waals surface area contributed by atoms with Gasteiger partial charge in [0.05, 0.1) is 5.39 Å². The summed E-state index contributed by atoms with van der Waals surface area (Å²) in [6, 6.07) is 7.94. The van der Waals surface area contributed by atoms with Gasteiger partial charge in [-0.05, 0) is 41.0 Å². The topological polar surface area (TPSA) is 30.2 Å². The molecule has 5 rings (SSSR count). The zero-order chi connectivity index (χ0) is 13.9. The van der Waals surface area contributed by atoms with Crippen LogP contribution in [-0.2, 0) is 5.41 Å². The van der Waals surface area contributed by atoms with Crippen molar-refractivity contribution in [2.75, 3.05) is 0 Å². The average Bonchev–Trinajstić information content (AvgIpc) is 2.53. The summed E-state index contributed by atoms with van der Waals surface area (Å²) in [7, 11) is 0. The third-order valence-corrected chi connectivity index (χ3v) is 7.22. The normalized spacial score (nSPS) is 43.6. The van der Waals surface area contributed by atoms with Gasteiger partial charge in [-0.15, -0.1) is 0 Å². The standard InChI is InChI=1S/C18H18O2/c1-16-8-12-13-10-6-4-5-7-11(10)15(19)20-14(13)17(2,9-16)18(12,16)3/h4-7,12H,8-9H2,1-3H3. The second-order valence-corrected chi connectivity index (χ2v) is 7.71. The van der Waals surface area contributed by atoms with Crippen LogP contribution in [0.2, 0.25) is 0 Å². The summed E-state index contributed by atoms with van der Waals surface area (Å²) in [5, 5.41) is 1.87. The molecule has 2 heteroatoms. The maximum absolute atomic E-state index is 12.3. The predicted octanol–water partition coefficient (Wildman–Crippen LogP) is 3.97. The third kappa shape index (κ3) is 0.789. The lowest BCUT2D eigenvalue weighted by molar-refractivity contribution is -0.231. The van der Waals surface area contributed by atoms with Gasteiger partial charge in [0, 0.05) is 11.0 Å². The monoisotopic (exact) mass is 266 g/mol. The van der Waals surface area contributed by atoms with Crippen LogP contribution in [0, 0.1) is 10.8 Å². The Balaban J connectivity index is 1.95. The largest absolute Gasteiger partial charge is 0.427 e. The number of hydrogen-bond donors (Lipinski definition) is 0. The summed E-state index contributed by atoms with van der Waals surface area (Å²) in [5.74, 6) is 1.55. The van der Waals surface area contributed by atoms with E-state index in [4.69, 9.17) is 4.42 Å². The fourth-order valence-electron chi connectivity index (χ4n) is 6.00. The molecule has 4 unspecified atom stereocenters. The fourth-order valence-corrected chi connectivity index (χ4v) is 6.00. The second-order valence-electron chi connectivity index (χ2n) is 7.71. The highest BCUT2D eigenvalue weighted by Gasteiger charge is 2.82. The zero-order valence-corrected chi connectivity index (χ0v) is 12.1. The van der Waals surface area contributed by atoms with Crippen LogP contribution in [0.5, 0.6) is 0 Å². The summed E-state index contributed by atoms with van der Waals surface area (Å²) >= 11 is 0. The summed E-state index contributed by atoms with van der Waals surface area (Å²) in [5.41, 5.74) is 1.94. The molecule has 102 valence electrons. The van der Waals surface area contributed by atoms with Crippen molar-refractivity contribution in [1.29, 1.82) is 0 Å². The van der Waals surface area contributed by atoms with E-state index in [1.807, 2.05) is 18.2 Å². The van der Waals surface area contributed by atoms with Gasteiger partial charge in [-0.1, -0.05) is 39.0 Å². The van der Waals surface area contributed by atoms with Crippen molar-refractivity contribution in [2.24, 2.45) is 10.8 Å². The van der Waals surface area contributed by atoms with Crippen LogP contribution in [0.25, 0.3) is 10.8 Å². The van der Waals surface area contributed by atoms with Crippen LogP contribution >= 0.6 is 0 Å². The third-order valence-electron chi connectivity index (χ3n) is 7.22. The molecule has 2 aromatic rings. The van der Waals surface area contributed by atoms with Crippen molar-refractivity contribution in [1.82, 2.24) is 0 Å². The predicted molar refractivity (Wildman–Crippen MR) is 78.0 cm³/mol. The maximum atomic E-state index is 12.3. The molecule has 0 N–H and O–H groups in total. The SMILES string of the molecule is CC12CC3c4c(oc(=O)c5ccccc45)C(C)(C1)C32C. The molecule has 0 radical (unpaired) electrons. The van der Waals surface area contributed by atoms with E-state index in [-0.39, 0.29) is 16.5 Å². The molecule has 1 aromatic heterocycles. The fraction of sp³-hybridized carbons (Fsp3) is 0.500. The van der Waals surface area contributed by atoms with E-state index in [9.17, 15) is 4.79 Å². The quantitative estimate of drug-likeness (QED) is 0.722. The minimum atomic E-state index is -0.168. The van der Waals surface area contributed by atoms with Crippen molar-refractivity contribution in [2.45, 2.75) is 44.9 Å². The van der Waals surface area contributed by atoms with Crippen LogP contribution in [0.3, 0.4) is 0 Å². The first-order chi connectivity index (χ1) is 9.42. The number of rotatable bonds is 0. The van der Waals surface area contributed by atoms with E-state index >= 15 is 0 Å². The van der Waals surface area contributed by atoms with Crippen LogP contribution in [0.4, 0.5) is 0 Å². The molecule has 0 spiro atoms. The van der Waals surface area contributed by atoms with Crippen molar-refractivity contribution in [3.8, 4) is 0 Å². The van der Waals surface area contributed by atoms with Crippen molar-refractivity contribution < 1.29 is 4.42 Å². The Hall–Kier alpha value is -1.57. The molecule has 0 saturated heterocycles. The van der Waals surface area contributed by atoms with E-state index in [2.05, 4.69) is 26.8 Å². The molecule has 0 aliphatic heterocycles.